The summed E-state index contributed by atoms with van der Waals surface area (Å²) in [4.78, 5) is 60.3. The number of nitrogens with one attached hydrogen (secondary N) is 3. The highest BCUT2D eigenvalue weighted by atomic mass is 16.5. The number of hydrogen-bond donors (Lipinski definition) is 3. The lowest BCUT2D eigenvalue weighted by atomic mass is 10.2. The van der Waals surface area contributed by atoms with Crippen LogP contribution in [-0.2, 0) is 19.1 Å². The van der Waals surface area contributed by atoms with Gasteiger partial charge in [0.05, 0.1) is 0 Å². The molecule has 30 heavy (non-hydrogen) atoms. The zero-order valence-corrected chi connectivity index (χ0v) is 17.0. The van der Waals surface area contributed by atoms with Gasteiger partial charge in [0.15, 0.2) is 6.61 Å². The second kappa shape index (κ2) is 10.9. The third-order valence-corrected chi connectivity index (χ3v) is 4.51. The predicted octanol–water partition coefficient (Wildman–Crippen LogP) is 0.711. The highest BCUT2D eigenvalue weighted by Gasteiger charge is 2.21. The number of nitrogens with zero attached hydrogens (tertiary/aromatic N) is 1. The Morgan fingerprint density at radius 2 is 1.87 bits per heavy atom. The molecule has 5 amide bonds. The Morgan fingerprint density at radius 3 is 2.47 bits per heavy atom. The molecule has 1 aliphatic rings. The van der Waals surface area contributed by atoms with Crippen molar-refractivity contribution < 1.29 is 28.7 Å². The van der Waals surface area contributed by atoms with E-state index in [1.54, 1.807) is 36.1 Å². The molecular weight excluding hydrogens is 392 g/mol. The van der Waals surface area contributed by atoms with Crippen molar-refractivity contribution in [3.8, 4) is 0 Å². The number of carbonyl (C=O) groups excluding carboxylic acids is 5. The van der Waals surface area contributed by atoms with Crippen LogP contribution in [0.1, 0.15) is 43.5 Å². The fourth-order valence-corrected chi connectivity index (χ4v) is 2.69. The monoisotopic (exact) mass is 418 g/mol. The van der Waals surface area contributed by atoms with Crippen molar-refractivity contribution in [1.29, 1.82) is 0 Å². The van der Waals surface area contributed by atoms with Crippen LogP contribution in [0.3, 0.4) is 0 Å². The standard InChI is InChI=1S/C20H26N4O6/c1-3-13(2)22-20(29)23-16(25)12-30-18(27)11-21-19(28)14-6-8-15(9-7-14)24-10-4-5-17(24)26/h6-9,13H,3-5,10-12H2,1-2H3,(H,21,28)(H2,22,23,25,29)/t13-/m0/s1. The van der Waals surface area contributed by atoms with Gasteiger partial charge in [0.1, 0.15) is 6.54 Å². The second-order valence-electron chi connectivity index (χ2n) is 6.87. The van der Waals surface area contributed by atoms with Gasteiger partial charge in [0, 0.05) is 30.3 Å². The number of ether oxygens (including phenoxy) is 1. The SMILES string of the molecule is CC[C@H](C)NC(=O)NC(=O)COC(=O)CNC(=O)c1ccc(N2CCCC2=O)cc1. The van der Waals surface area contributed by atoms with E-state index in [9.17, 15) is 24.0 Å². The lowest BCUT2D eigenvalue weighted by Crippen LogP contribution is -2.45. The molecule has 0 unspecified atom stereocenters. The minimum atomic E-state index is -0.819. The van der Waals surface area contributed by atoms with E-state index in [1.807, 2.05) is 12.2 Å². The number of anilines is 1. The summed E-state index contributed by atoms with van der Waals surface area (Å²) in [5.41, 5.74) is 1.04. The first-order valence-electron chi connectivity index (χ1n) is 9.74. The summed E-state index contributed by atoms with van der Waals surface area (Å²) < 4.78 is 4.73. The summed E-state index contributed by atoms with van der Waals surface area (Å²) in [6, 6.07) is 5.70. The van der Waals surface area contributed by atoms with Crippen molar-refractivity contribution in [2.75, 3.05) is 24.6 Å². The molecule has 0 spiro atoms. The van der Waals surface area contributed by atoms with Gasteiger partial charge < -0.3 is 20.3 Å². The molecule has 1 aliphatic heterocycles. The van der Waals surface area contributed by atoms with Crippen LogP contribution in [0.5, 0.6) is 0 Å². The fourth-order valence-electron chi connectivity index (χ4n) is 2.69. The summed E-state index contributed by atoms with van der Waals surface area (Å²) in [6.45, 7) is 3.25. The number of rotatable bonds is 8. The van der Waals surface area contributed by atoms with Crippen molar-refractivity contribution >= 4 is 35.4 Å². The van der Waals surface area contributed by atoms with Crippen LogP contribution in [0.4, 0.5) is 10.5 Å². The van der Waals surface area contributed by atoms with E-state index in [-0.39, 0.29) is 11.9 Å². The summed E-state index contributed by atoms with van der Waals surface area (Å²) in [5.74, 6) is -2.04. The first-order valence-corrected chi connectivity index (χ1v) is 9.74. The van der Waals surface area contributed by atoms with E-state index in [1.165, 1.54) is 0 Å². The Bertz CT molecular complexity index is 808. The van der Waals surface area contributed by atoms with E-state index < -0.39 is 37.0 Å². The van der Waals surface area contributed by atoms with Crippen molar-refractivity contribution in [2.24, 2.45) is 0 Å². The minimum Gasteiger partial charge on any atom is -0.454 e. The number of urea groups is 1. The molecule has 0 radical (unpaired) electrons. The number of carbonyl (C=O) groups is 5. The van der Waals surface area contributed by atoms with E-state index in [0.717, 1.165) is 12.1 Å². The van der Waals surface area contributed by atoms with Gasteiger partial charge >= 0.3 is 12.0 Å². The summed E-state index contributed by atoms with van der Waals surface area (Å²) in [5, 5.41) is 6.97. The largest absolute Gasteiger partial charge is 0.454 e. The molecule has 1 fully saturated rings. The second-order valence-corrected chi connectivity index (χ2v) is 6.87. The van der Waals surface area contributed by atoms with E-state index in [2.05, 4.69) is 10.6 Å². The third kappa shape index (κ3) is 6.87. The van der Waals surface area contributed by atoms with Gasteiger partial charge in [-0.25, -0.2) is 4.79 Å². The Labute approximate surface area is 174 Å². The summed E-state index contributed by atoms with van der Waals surface area (Å²) in [7, 11) is 0. The zero-order valence-electron chi connectivity index (χ0n) is 17.0. The summed E-state index contributed by atoms with van der Waals surface area (Å²) >= 11 is 0. The zero-order chi connectivity index (χ0) is 22.1. The number of esters is 1. The van der Waals surface area contributed by atoms with Crippen LogP contribution < -0.4 is 20.9 Å². The van der Waals surface area contributed by atoms with E-state index in [4.69, 9.17) is 4.74 Å². The normalized spacial score (nSPS) is 14.1. The maximum absolute atomic E-state index is 12.1. The molecule has 1 atom stereocenters. The lowest BCUT2D eigenvalue weighted by Gasteiger charge is -2.15. The maximum Gasteiger partial charge on any atom is 0.325 e. The van der Waals surface area contributed by atoms with Gasteiger partial charge in [-0.1, -0.05) is 6.92 Å². The number of amides is 5. The molecule has 1 heterocycles. The number of imide groups is 1. The van der Waals surface area contributed by atoms with Crippen molar-refractivity contribution in [1.82, 2.24) is 16.0 Å². The first-order chi connectivity index (χ1) is 14.3. The van der Waals surface area contributed by atoms with Crippen LogP contribution in [0.2, 0.25) is 0 Å². The third-order valence-electron chi connectivity index (χ3n) is 4.51. The van der Waals surface area contributed by atoms with Gasteiger partial charge in [-0.15, -0.1) is 0 Å². The van der Waals surface area contributed by atoms with Crippen molar-refractivity contribution in [2.45, 2.75) is 39.2 Å². The number of hydrogen-bond acceptors (Lipinski definition) is 6. The molecule has 0 bridgehead atoms. The lowest BCUT2D eigenvalue weighted by molar-refractivity contribution is -0.147. The van der Waals surface area contributed by atoms with Gasteiger partial charge in [0.25, 0.3) is 11.8 Å². The molecule has 0 aromatic heterocycles. The first kappa shape index (κ1) is 22.9. The Balaban J connectivity index is 1.71. The predicted molar refractivity (Wildman–Crippen MR) is 108 cm³/mol. The van der Waals surface area contributed by atoms with Crippen LogP contribution in [0.15, 0.2) is 24.3 Å². The van der Waals surface area contributed by atoms with Crippen LogP contribution >= 0.6 is 0 Å². The van der Waals surface area contributed by atoms with E-state index >= 15 is 0 Å². The molecule has 0 saturated carbocycles. The highest BCUT2D eigenvalue weighted by Crippen LogP contribution is 2.21. The molecule has 10 nitrogen and oxygen atoms in total. The highest BCUT2D eigenvalue weighted by molar-refractivity contribution is 5.99. The average Bonchev–Trinajstić information content (AvgIpc) is 3.16. The van der Waals surface area contributed by atoms with Gasteiger partial charge in [-0.2, -0.15) is 0 Å². The Kier molecular flexibility index (Phi) is 8.33. The van der Waals surface area contributed by atoms with Crippen molar-refractivity contribution in [3.63, 3.8) is 0 Å². The molecule has 1 aromatic rings. The average molecular weight is 418 g/mol. The Hall–Kier alpha value is -3.43. The van der Waals surface area contributed by atoms with Gasteiger partial charge in [-0.3, -0.25) is 24.5 Å². The number of benzene rings is 1. The molecule has 162 valence electrons. The summed E-state index contributed by atoms with van der Waals surface area (Å²) in [6.07, 6.45) is 2.03. The molecule has 0 aliphatic carbocycles. The molecule has 10 heteroatoms. The topological polar surface area (TPSA) is 134 Å². The van der Waals surface area contributed by atoms with Crippen LogP contribution in [-0.4, -0.2) is 55.5 Å². The van der Waals surface area contributed by atoms with Gasteiger partial charge in [0.2, 0.25) is 5.91 Å². The quantitative estimate of drug-likeness (QED) is 0.533. The van der Waals surface area contributed by atoms with Gasteiger partial charge in [-0.05, 0) is 44.0 Å². The maximum atomic E-state index is 12.1. The van der Waals surface area contributed by atoms with Crippen LogP contribution in [0, 0.1) is 0 Å². The molecule has 1 saturated heterocycles. The fraction of sp³-hybridized carbons (Fsp3) is 0.450. The Morgan fingerprint density at radius 1 is 1.17 bits per heavy atom. The van der Waals surface area contributed by atoms with Crippen molar-refractivity contribution in [3.05, 3.63) is 29.8 Å². The molecule has 3 N–H and O–H groups in total. The van der Waals surface area contributed by atoms with E-state index in [0.29, 0.717) is 24.9 Å². The molecule has 1 aromatic carbocycles. The van der Waals surface area contributed by atoms with Crippen LogP contribution in [0.25, 0.3) is 0 Å². The minimum absolute atomic E-state index is 0.0522. The smallest absolute Gasteiger partial charge is 0.325 e. The molecule has 2 rings (SSSR count). The molecular formula is C20H26N4O6.